The number of hydrogen-bond acceptors (Lipinski definition) is 5. The smallest absolute Gasteiger partial charge is 0.342 e. The van der Waals surface area contributed by atoms with Crippen LogP contribution in [0.4, 0.5) is 11.4 Å². The number of carbonyl (C=O) groups is 1. The molecule has 1 fully saturated rings. The average Bonchev–Trinajstić information content (AvgIpc) is 2.68. The van der Waals surface area contributed by atoms with E-state index in [0.29, 0.717) is 13.0 Å². The first-order valence-corrected chi connectivity index (χ1v) is 5.80. The Morgan fingerprint density at radius 3 is 2.68 bits per heavy atom. The summed E-state index contributed by atoms with van der Waals surface area (Å²) in [6.45, 7) is 2.35. The van der Waals surface area contributed by atoms with E-state index in [1.807, 2.05) is 0 Å². The van der Waals surface area contributed by atoms with Crippen molar-refractivity contribution in [1.82, 2.24) is 0 Å². The molecular formula is C12H14N2O5. The van der Waals surface area contributed by atoms with E-state index in [2.05, 4.69) is 0 Å². The average molecular weight is 266 g/mol. The minimum Gasteiger partial charge on any atom is -0.477 e. The van der Waals surface area contributed by atoms with Crippen molar-refractivity contribution in [2.24, 2.45) is 0 Å². The SMILES string of the molecule is CC1(O)CCN(c2cccc(C(=O)O)c2[N+](=O)[O-])C1. The van der Waals surface area contributed by atoms with Crippen molar-refractivity contribution in [2.45, 2.75) is 18.9 Å². The van der Waals surface area contributed by atoms with Gasteiger partial charge in [0.15, 0.2) is 0 Å². The summed E-state index contributed by atoms with van der Waals surface area (Å²) in [6, 6.07) is 4.18. The highest BCUT2D eigenvalue weighted by Crippen LogP contribution is 2.35. The molecule has 2 N–H and O–H groups in total. The molecule has 1 aromatic carbocycles. The van der Waals surface area contributed by atoms with Crippen LogP contribution in [0, 0.1) is 10.1 Å². The van der Waals surface area contributed by atoms with Gasteiger partial charge >= 0.3 is 11.7 Å². The van der Waals surface area contributed by atoms with Crippen molar-refractivity contribution in [3.05, 3.63) is 33.9 Å². The highest BCUT2D eigenvalue weighted by molar-refractivity contribution is 5.95. The lowest BCUT2D eigenvalue weighted by molar-refractivity contribution is -0.384. The number of nitrogens with zero attached hydrogens (tertiary/aromatic N) is 2. The Labute approximate surface area is 109 Å². The van der Waals surface area contributed by atoms with E-state index in [1.54, 1.807) is 11.8 Å². The number of aliphatic hydroxyl groups is 1. The van der Waals surface area contributed by atoms with Gasteiger partial charge < -0.3 is 15.1 Å². The Morgan fingerprint density at radius 1 is 1.53 bits per heavy atom. The predicted molar refractivity (Wildman–Crippen MR) is 67.5 cm³/mol. The van der Waals surface area contributed by atoms with Gasteiger partial charge in [0.2, 0.25) is 0 Å². The van der Waals surface area contributed by atoms with Crippen LogP contribution in [-0.2, 0) is 0 Å². The highest BCUT2D eigenvalue weighted by atomic mass is 16.6. The largest absolute Gasteiger partial charge is 0.477 e. The molecule has 0 bridgehead atoms. The number of nitro groups is 1. The maximum absolute atomic E-state index is 11.1. The number of β-amino-alcohol motifs (C(OH)–C–C–N with tert-alkyl or cyclic N) is 1. The number of hydrogen-bond donors (Lipinski definition) is 2. The summed E-state index contributed by atoms with van der Waals surface area (Å²) in [4.78, 5) is 23.1. The van der Waals surface area contributed by atoms with Crippen LogP contribution < -0.4 is 4.90 Å². The fourth-order valence-electron chi connectivity index (χ4n) is 2.30. The normalized spacial score (nSPS) is 22.5. The van der Waals surface area contributed by atoms with E-state index in [9.17, 15) is 20.0 Å². The van der Waals surface area contributed by atoms with Crippen LogP contribution in [0.5, 0.6) is 0 Å². The zero-order chi connectivity index (χ0) is 14.2. The second-order valence-corrected chi connectivity index (χ2v) is 4.90. The van der Waals surface area contributed by atoms with Crippen molar-refractivity contribution in [3.63, 3.8) is 0 Å². The van der Waals surface area contributed by atoms with Gasteiger partial charge in [-0.15, -0.1) is 0 Å². The van der Waals surface area contributed by atoms with Crippen molar-refractivity contribution in [3.8, 4) is 0 Å². The van der Waals surface area contributed by atoms with Gasteiger partial charge in [0.1, 0.15) is 11.3 Å². The van der Waals surface area contributed by atoms with E-state index in [4.69, 9.17) is 5.11 Å². The van der Waals surface area contributed by atoms with Crippen LogP contribution in [0.2, 0.25) is 0 Å². The highest BCUT2D eigenvalue weighted by Gasteiger charge is 2.35. The fourth-order valence-corrected chi connectivity index (χ4v) is 2.30. The van der Waals surface area contributed by atoms with Gasteiger partial charge in [-0.2, -0.15) is 0 Å². The molecule has 1 aliphatic heterocycles. The molecule has 0 saturated carbocycles. The number of benzene rings is 1. The topological polar surface area (TPSA) is 104 Å². The van der Waals surface area contributed by atoms with Gasteiger partial charge in [-0.3, -0.25) is 10.1 Å². The van der Waals surface area contributed by atoms with E-state index >= 15 is 0 Å². The summed E-state index contributed by atoms with van der Waals surface area (Å²) in [5, 5.41) is 30.0. The van der Waals surface area contributed by atoms with Gasteiger partial charge in [-0.25, -0.2) is 4.79 Å². The van der Waals surface area contributed by atoms with Gasteiger partial charge in [-0.05, 0) is 25.5 Å². The minimum atomic E-state index is -1.33. The molecule has 7 nitrogen and oxygen atoms in total. The molecular weight excluding hydrogens is 252 g/mol. The van der Waals surface area contributed by atoms with E-state index in [0.717, 1.165) is 0 Å². The summed E-state index contributed by atoms with van der Waals surface area (Å²) in [6.07, 6.45) is 0.488. The van der Waals surface area contributed by atoms with Crippen molar-refractivity contribution in [2.75, 3.05) is 18.0 Å². The lowest BCUT2D eigenvalue weighted by atomic mass is 10.1. The molecule has 1 aromatic rings. The number of aromatic carboxylic acids is 1. The zero-order valence-corrected chi connectivity index (χ0v) is 10.4. The summed E-state index contributed by atoms with van der Waals surface area (Å²) < 4.78 is 0. The first kappa shape index (κ1) is 13.3. The summed E-state index contributed by atoms with van der Waals surface area (Å²) >= 11 is 0. The van der Waals surface area contributed by atoms with Crippen LogP contribution in [0.15, 0.2) is 18.2 Å². The van der Waals surface area contributed by atoms with Crippen molar-refractivity contribution in [1.29, 1.82) is 0 Å². The molecule has 0 spiro atoms. The molecule has 0 aliphatic carbocycles. The monoisotopic (exact) mass is 266 g/mol. The standard InChI is InChI=1S/C12H14N2O5/c1-12(17)5-6-13(7-12)9-4-2-3-8(11(15)16)10(9)14(18)19/h2-4,17H,5-7H2,1H3,(H,15,16). The van der Waals surface area contributed by atoms with Crippen molar-refractivity contribution < 1.29 is 19.9 Å². The lowest BCUT2D eigenvalue weighted by Crippen LogP contribution is -2.30. The van der Waals surface area contributed by atoms with E-state index < -0.39 is 22.2 Å². The third-order valence-corrected chi connectivity index (χ3v) is 3.22. The molecule has 2 rings (SSSR count). The van der Waals surface area contributed by atoms with E-state index in [-0.39, 0.29) is 17.8 Å². The third-order valence-electron chi connectivity index (χ3n) is 3.22. The number of nitro benzene ring substituents is 1. The molecule has 19 heavy (non-hydrogen) atoms. The summed E-state index contributed by atoms with van der Waals surface area (Å²) in [5.41, 5.74) is -1.43. The summed E-state index contributed by atoms with van der Waals surface area (Å²) in [7, 11) is 0. The lowest BCUT2D eigenvalue weighted by Gasteiger charge is -2.21. The number of carboxylic acids is 1. The second kappa shape index (κ2) is 4.51. The second-order valence-electron chi connectivity index (χ2n) is 4.90. The van der Waals surface area contributed by atoms with Crippen LogP contribution in [0.1, 0.15) is 23.7 Å². The zero-order valence-electron chi connectivity index (χ0n) is 10.4. The molecule has 0 amide bonds. The maximum atomic E-state index is 11.1. The summed E-state index contributed by atoms with van der Waals surface area (Å²) in [5.74, 6) is -1.33. The first-order chi connectivity index (χ1) is 8.82. The molecule has 102 valence electrons. The minimum absolute atomic E-state index is 0.239. The Balaban J connectivity index is 2.49. The third kappa shape index (κ3) is 2.50. The quantitative estimate of drug-likeness (QED) is 0.630. The van der Waals surface area contributed by atoms with Gasteiger partial charge in [0.05, 0.1) is 10.5 Å². The molecule has 0 radical (unpaired) electrons. The predicted octanol–water partition coefficient (Wildman–Crippen LogP) is 1.25. The molecule has 1 saturated heterocycles. The molecule has 1 aliphatic rings. The number of anilines is 1. The molecule has 7 heteroatoms. The Morgan fingerprint density at radius 2 is 2.21 bits per heavy atom. The first-order valence-electron chi connectivity index (χ1n) is 5.80. The van der Waals surface area contributed by atoms with Crippen LogP contribution in [0.25, 0.3) is 0 Å². The van der Waals surface area contributed by atoms with Crippen LogP contribution in [-0.4, -0.2) is 39.8 Å². The molecule has 1 unspecified atom stereocenters. The molecule has 1 atom stereocenters. The Hall–Kier alpha value is -2.15. The number of carboxylic acid groups (broad SMARTS) is 1. The maximum Gasteiger partial charge on any atom is 0.342 e. The fraction of sp³-hybridized carbons (Fsp3) is 0.417. The van der Waals surface area contributed by atoms with E-state index in [1.165, 1.54) is 18.2 Å². The molecule has 1 heterocycles. The van der Waals surface area contributed by atoms with Gasteiger partial charge in [-0.1, -0.05) is 6.07 Å². The van der Waals surface area contributed by atoms with Gasteiger partial charge in [0.25, 0.3) is 0 Å². The molecule has 0 aromatic heterocycles. The van der Waals surface area contributed by atoms with Crippen LogP contribution in [0.3, 0.4) is 0 Å². The van der Waals surface area contributed by atoms with Crippen LogP contribution >= 0.6 is 0 Å². The Bertz CT molecular complexity index is 541. The van der Waals surface area contributed by atoms with Crippen molar-refractivity contribution >= 4 is 17.3 Å². The van der Waals surface area contributed by atoms with Gasteiger partial charge in [0, 0.05) is 13.1 Å². The Kier molecular flexibility index (Phi) is 3.15. The number of rotatable bonds is 3. The number of para-hydroxylation sites is 1.